The van der Waals surface area contributed by atoms with Crippen LogP contribution in [0.4, 0.5) is 0 Å². The third kappa shape index (κ3) is 5.53. The van der Waals surface area contributed by atoms with Crippen LogP contribution in [0.3, 0.4) is 0 Å². The topological polar surface area (TPSA) is 37.3 Å². The van der Waals surface area contributed by atoms with Crippen LogP contribution in [-0.2, 0) is 11.2 Å². The van der Waals surface area contributed by atoms with Crippen molar-refractivity contribution in [3.63, 3.8) is 0 Å². The monoisotopic (exact) mass is 234 g/mol. The van der Waals surface area contributed by atoms with E-state index in [0.29, 0.717) is 0 Å². The molecular weight excluding hydrogens is 212 g/mol. The molecule has 1 rings (SSSR count). The van der Waals surface area contributed by atoms with Gasteiger partial charge in [-0.25, -0.2) is 0 Å². The Hall–Kier alpha value is -1.31. The zero-order chi connectivity index (χ0) is 12.5. The van der Waals surface area contributed by atoms with Gasteiger partial charge in [0, 0.05) is 0 Å². The van der Waals surface area contributed by atoms with Crippen LogP contribution in [0.5, 0.6) is 0 Å². The Morgan fingerprint density at radius 1 is 1.18 bits per heavy atom. The van der Waals surface area contributed by atoms with Gasteiger partial charge in [-0.2, -0.15) is 0 Å². The highest BCUT2D eigenvalue weighted by Crippen LogP contribution is 2.16. The Balaban J connectivity index is 2.20. The third-order valence-electron chi connectivity index (χ3n) is 3.10. The van der Waals surface area contributed by atoms with Crippen molar-refractivity contribution in [1.82, 2.24) is 0 Å². The van der Waals surface area contributed by atoms with Crippen molar-refractivity contribution in [3.05, 3.63) is 35.9 Å². The lowest BCUT2D eigenvalue weighted by Crippen LogP contribution is -2.13. The molecule has 17 heavy (non-hydrogen) atoms. The molecule has 2 heteroatoms. The number of carboxylic acids is 1. The summed E-state index contributed by atoms with van der Waals surface area (Å²) in [5.74, 6) is -0.776. The second-order valence-electron chi connectivity index (χ2n) is 4.56. The highest BCUT2D eigenvalue weighted by atomic mass is 16.4. The molecule has 1 unspecified atom stereocenters. The first-order valence-electron chi connectivity index (χ1n) is 6.50. The molecule has 2 nitrogen and oxygen atoms in total. The SMILES string of the molecule is CCCC(CCCCc1ccccc1)C(=O)O. The van der Waals surface area contributed by atoms with E-state index in [0.717, 1.165) is 38.5 Å². The molecule has 0 aliphatic rings. The molecule has 0 saturated carbocycles. The van der Waals surface area contributed by atoms with Crippen LogP contribution in [-0.4, -0.2) is 11.1 Å². The van der Waals surface area contributed by atoms with E-state index in [2.05, 4.69) is 12.1 Å². The number of benzene rings is 1. The molecule has 0 amide bonds. The van der Waals surface area contributed by atoms with Crippen molar-refractivity contribution in [3.8, 4) is 0 Å². The van der Waals surface area contributed by atoms with E-state index < -0.39 is 5.97 Å². The normalized spacial score (nSPS) is 12.3. The molecule has 0 spiro atoms. The van der Waals surface area contributed by atoms with Crippen molar-refractivity contribution in [2.24, 2.45) is 5.92 Å². The van der Waals surface area contributed by atoms with Gasteiger partial charge in [-0.15, -0.1) is 0 Å². The quantitative estimate of drug-likeness (QED) is 0.693. The van der Waals surface area contributed by atoms with Gasteiger partial charge in [-0.3, -0.25) is 4.79 Å². The molecule has 0 radical (unpaired) electrons. The number of aliphatic carboxylic acids is 1. The minimum absolute atomic E-state index is 0.143. The molecule has 94 valence electrons. The lowest BCUT2D eigenvalue weighted by Gasteiger charge is -2.10. The fraction of sp³-hybridized carbons (Fsp3) is 0.533. The summed E-state index contributed by atoms with van der Waals surface area (Å²) in [5.41, 5.74) is 1.34. The molecular formula is C15H22O2. The predicted octanol–water partition coefficient (Wildman–Crippen LogP) is 3.90. The summed E-state index contributed by atoms with van der Waals surface area (Å²) >= 11 is 0. The minimum Gasteiger partial charge on any atom is -0.481 e. The minimum atomic E-state index is -0.633. The number of unbranched alkanes of at least 4 members (excludes halogenated alkanes) is 1. The van der Waals surface area contributed by atoms with Crippen molar-refractivity contribution in [1.29, 1.82) is 0 Å². The number of hydrogen-bond acceptors (Lipinski definition) is 1. The molecule has 1 atom stereocenters. The summed E-state index contributed by atoms with van der Waals surface area (Å²) in [5, 5.41) is 9.02. The average Bonchev–Trinajstić information content (AvgIpc) is 2.34. The maximum absolute atomic E-state index is 11.0. The van der Waals surface area contributed by atoms with Crippen LogP contribution in [0, 0.1) is 5.92 Å². The van der Waals surface area contributed by atoms with Gasteiger partial charge in [0.05, 0.1) is 5.92 Å². The molecule has 0 aliphatic heterocycles. The fourth-order valence-corrected chi connectivity index (χ4v) is 2.10. The molecule has 0 saturated heterocycles. The lowest BCUT2D eigenvalue weighted by atomic mass is 9.96. The smallest absolute Gasteiger partial charge is 0.306 e. The Kier molecular flexibility index (Phi) is 6.38. The lowest BCUT2D eigenvalue weighted by molar-refractivity contribution is -0.142. The first kappa shape index (κ1) is 13.8. The summed E-state index contributed by atoms with van der Waals surface area (Å²) in [6.45, 7) is 2.04. The summed E-state index contributed by atoms with van der Waals surface area (Å²) in [6.07, 6.45) is 5.72. The Morgan fingerprint density at radius 2 is 1.88 bits per heavy atom. The number of carbonyl (C=O) groups is 1. The number of carboxylic acid groups (broad SMARTS) is 1. The van der Waals surface area contributed by atoms with E-state index >= 15 is 0 Å². The highest BCUT2D eigenvalue weighted by molar-refractivity contribution is 5.69. The van der Waals surface area contributed by atoms with Crippen LogP contribution in [0.25, 0.3) is 0 Å². The van der Waals surface area contributed by atoms with Crippen molar-refractivity contribution in [2.45, 2.75) is 45.4 Å². The number of aryl methyl sites for hydroxylation is 1. The second kappa shape index (κ2) is 7.88. The van der Waals surface area contributed by atoms with Gasteiger partial charge in [0.25, 0.3) is 0 Å². The van der Waals surface area contributed by atoms with Gasteiger partial charge >= 0.3 is 5.97 Å². The highest BCUT2D eigenvalue weighted by Gasteiger charge is 2.15. The van der Waals surface area contributed by atoms with E-state index in [-0.39, 0.29) is 5.92 Å². The molecule has 1 N–H and O–H groups in total. The van der Waals surface area contributed by atoms with E-state index in [1.165, 1.54) is 5.56 Å². The third-order valence-corrected chi connectivity index (χ3v) is 3.10. The maximum atomic E-state index is 11.0. The van der Waals surface area contributed by atoms with Crippen LogP contribution in [0.15, 0.2) is 30.3 Å². The Labute approximate surface area is 104 Å². The summed E-state index contributed by atoms with van der Waals surface area (Å²) < 4.78 is 0. The molecule has 1 aromatic carbocycles. The van der Waals surface area contributed by atoms with Crippen LogP contribution < -0.4 is 0 Å². The van der Waals surface area contributed by atoms with Gasteiger partial charge in [0.15, 0.2) is 0 Å². The predicted molar refractivity (Wildman–Crippen MR) is 70.0 cm³/mol. The first-order chi connectivity index (χ1) is 8.24. The Morgan fingerprint density at radius 3 is 2.47 bits per heavy atom. The van der Waals surface area contributed by atoms with E-state index in [4.69, 9.17) is 5.11 Å². The van der Waals surface area contributed by atoms with Crippen molar-refractivity contribution in [2.75, 3.05) is 0 Å². The zero-order valence-electron chi connectivity index (χ0n) is 10.6. The standard InChI is InChI=1S/C15H22O2/c1-2-8-14(15(16)17)12-7-6-11-13-9-4-3-5-10-13/h3-5,9-10,14H,2,6-8,11-12H2,1H3,(H,16,17). The van der Waals surface area contributed by atoms with Crippen LogP contribution in [0.2, 0.25) is 0 Å². The molecule has 0 fully saturated rings. The van der Waals surface area contributed by atoms with Gasteiger partial charge in [0.1, 0.15) is 0 Å². The van der Waals surface area contributed by atoms with Gasteiger partial charge in [-0.05, 0) is 31.2 Å². The summed E-state index contributed by atoms with van der Waals surface area (Å²) in [6, 6.07) is 10.4. The molecule has 0 aliphatic carbocycles. The van der Waals surface area contributed by atoms with Crippen LogP contribution in [0.1, 0.15) is 44.6 Å². The van der Waals surface area contributed by atoms with Gasteiger partial charge in [-0.1, -0.05) is 50.1 Å². The second-order valence-corrected chi connectivity index (χ2v) is 4.56. The number of hydrogen-bond donors (Lipinski definition) is 1. The average molecular weight is 234 g/mol. The van der Waals surface area contributed by atoms with E-state index in [1.54, 1.807) is 0 Å². The summed E-state index contributed by atoms with van der Waals surface area (Å²) in [4.78, 5) is 11.0. The fourth-order valence-electron chi connectivity index (χ4n) is 2.10. The maximum Gasteiger partial charge on any atom is 0.306 e. The summed E-state index contributed by atoms with van der Waals surface area (Å²) in [7, 11) is 0. The molecule has 1 aromatic rings. The zero-order valence-corrected chi connectivity index (χ0v) is 10.6. The van der Waals surface area contributed by atoms with Crippen molar-refractivity contribution < 1.29 is 9.90 Å². The molecule has 0 bridgehead atoms. The van der Waals surface area contributed by atoms with Gasteiger partial charge in [0.2, 0.25) is 0 Å². The molecule has 0 aromatic heterocycles. The van der Waals surface area contributed by atoms with Gasteiger partial charge < -0.3 is 5.11 Å². The van der Waals surface area contributed by atoms with E-state index in [1.807, 2.05) is 25.1 Å². The first-order valence-corrected chi connectivity index (χ1v) is 6.50. The van der Waals surface area contributed by atoms with Crippen molar-refractivity contribution >= 4 is 5.97 Å². The number of rotatable bonds is 8. The molecule has 0 heterocycles. The Bertz CT molecular complexity index is 319. The van der Waals surface area contributed by atoms with E-state index in [9.17, 15) is 4.79 Å². The largest absolute Gasteiger partial charge is 0.481 e. The van der Waals surface area contributed by atoms with Crippen LogP contribution >= 0.6 is 0 Å².